The summed E-state index contributed by atoms with van der Waals surface area (Å²) in [6, 6.07) is 3.59. The maximum absolute atomic E-state index is 12.6. The summed E-state index contributed by atoms with van der Waals surface area (Å²) in [6.45, 7) is 2.20. The summed E-state index contributed by atoms with van der Waals surface area (Å²) in [7, 11) is 0. The van der Waals surface area contributed by atoms with Gasteiger partial charge in [-0.25, -0.2) is 4.98 Å². The molecule has 2 unspecified atom stereocenters. The Balaban J connectivity index is 1.79. The molecule has 2 aromatic heterocycles. The highest BCUT2D eigenvalue weighted by molar-refractivity contribution is 7.16. The van der Waals surface area contributed by atoms with Crippen LogP contribution in [0.2, 0.25) is 0 Å². The van der Waals surface area contributed by atoms with E-state index in [9.17, 15) is 9.59 Å². The number of likely N-dealkylation sites (tertiary alicyclic amines) is 1. The second-order valence-electron chi connectivity index (χ2n) is 5.43. The fraction of sp³-hybridized carbons (Fsp3) is 0.400. The zero-order chi connectivity index (χ0) is 15.7. The largest absolute Gasteiger partial charge is 0.481 e. The molecule has 0 aliphatic carbocycles. The van der Waals surface area contributed by atoms with Gasteiger partial charge in [-0.2, -0.15) is 0 Å². The van der Waals surface area contributed by atoms with Crippen LogP contribution in [0.4, 0.5) is 0 Å². The molecule has 22 heavy (non-hydrogen) atoms. The molecule has 1 fully saturated rings. The van der Waals surface area contributed by atoms with Gasteiger partial charge in [-0.3, -0.25) is 9.59 Å². The predicted octanol–water partition coefficient (Wildman–Crippen LogP) is 2.73. The lowest BCUT2D eigenvalue weighted by atomic mass is 9.93. The molecule has 2 atom stereocenters. The molecule has 1 saturated heterocycles. The summed E-state index contributed by atoms with van der Waals surface area (Å²) in [6.07, 6.45) is 4.40. The second-order valence-corrected chi connectivity index (χ2v) is 6.46. The van der Waals surface area contributed by atoms with Crippen LogP contribution in [0.3, 0.4) is 0 Å². The van der Waals surface area contributed by atoms with Gasteiger partial charge in [0.05, 0.1) is 18.4 Å². The molecule has 1 aliphatic rings. The van der Waals surface area contributed by atoms with Crippen molar-refractivity contribution in [3.05, 3.63) is 29.5 Å². The van der Waals surface area contributed by atoms with Crippen molar-refractivity contribution in [2.75, 3.05) is 6.54 Å². The molecule has 1 N–H and O–H groups in total. The fourth-order valence-corrected chi connectivity index (χ4v) is 3.46. The fourth-order valence-electron chi connectivity index (χ4n) is 2.62. The molecular formula is C15H16N2O4S. The van der Waals surface area contributed by atoms with E-state index < -0.39 is 11.9 Å². The molecule has 3 heterocycles. The van der Waals surface area contributed by atoms with Gasteiger partial charge >= 0.3 is 5.97 Å². The summed E-state index contributed by atoms with van der Waals surface area (Å²) >= 11 is 1.26. The van der Waals surface area contributed by atoms with Crippen LogP contribution in [0.25, 0.3) is 10.8 Å². The van der Waals surface area contributed by atoms with Crippen LogP contribution in [0.5, 0.6) is 0 Å². The van der Waals surface area contributed by atoms with Crippen molar-refractivity contribution in [2.45, 2.75) is 25.8 Å². The first-order valence-electron chi connectivity index (χ1n) is 7.09. The van der Waals surface area contributed by atoms with Gasteiger partial charge in [0.15, 0.2) is 10.8 Å². The smallest absolute Gasteiger partial charge is 0.308 e. The van der Waals surface area contributed by atoms with Crippen LogP contribution in [0, 0.1) is 5.92 Å². The first-order valence-corrected chi connectivity index (χ1v) is 7.91. The number of carboxylic acid groups (broad SMARTS) is 1. The molecule has 116 valence electrons. The van der Waals surface area contributed by atoms with Crippen molar-refractivity contribution < 1.29 is 19.1 Å². The molecular weight excluding hydrogens is 304 g/mol. The van der Waals surface area contributed by atoms with Gasteiger partial charge in [0.1, 0.15) is 4.88 Å². The van der Waals surface area contributed by atoms with E-state index in [-0.39, 0.29) is 18.5 Å². The van der Waals surface area contributed by atoms with Crippen molar-refractivity contribution in [1.29, 1.82) is 0 Å². The van der Waals surface area contributed by atoms with E-state index in [2.05, 4.69) is 4.98 Å². The number of carbonyl (C=O) groups excluding carboxylic acids is 1. The molecule has 6 nitrogen and oxygen atoms in total. The monoisotopic (exact) mass is 320 g/mol. The molecule has 3 rings (SSSR count). The number of hydrogen-bond donors (Lipinski definition) is 1. The third-order valence-corrected chi connectivity index (χ3v) is 4.94. The maximum Gasteiger partial charge on any atom is 0.308 e. The number of furan rings is 1. The number of nitrogens with zero attached hydrogens (tertiary/aromatic N) is 2. The van der Waals surface area contributed by atoms with Crippen LogP contribution >= 0.6 is 11.3 Å². The first-order chi connectivity index (χ1) is 10.6. The van der Waals surface area contributed by atoms with Crippen LogP contribution in [-0.4, -0.2) is 39.5 Å². The number of aromatic nitrogens is 1. The summed E-state index contributed by atoms with van der Waals surface area (Å²) in [5.74, 6) is -0.865. The van der Waals surface area contributed by atoms with Crippen LogP contribution in [0.1, 0.15) is 29.4 Å². The molecule has 1 aliphatic heterocycles. The van der Waals surface area contributed by atoms with E-state index in [1.807, 2.05) is 6.92 Å². The average Bonchev–Trinajstić information content (AvgIpc) is 3.17. The Bertz CT molecular complexity index is 680. The van der Waals surface area contributed by atoms with Gasteiger partial charge in [-0.1, -0.05) is 0 Å². The number of rotatable bonds is 3. The lowest BCUT2D eigenvalue weighted by Gasteiger charge is -2.36. The minimum atomic E-state index is -0.842. The lowest BCUT2D eigenvalue weighted by Crippen LogP contribution is -2.47. The normalized spacial score (nSPS) is 21.8. The molecule has 0 saturated carbocycles. The number of carbonyl (C=O) groups is 2. The maximum atomic E-state index is 12.6. The van der Waals surface area contributed by atoms with E-state index in [1.54, 1.807) is 23.3 Å². The Kier molecular flexibility index (Phi) is 3.98. The first kappa shape index (κ1) is 14.8. The molecule has 0 aromatic carbocycles. The number of amides is 1. The highest BCUT2D eigenvalue weighted by Crippen LogP contribution is 2.29. The molecule has 2 aromatic rings. The number of carboxylic acids is 1. The van der Waals surface area contributed by atoms with E-state index in [0.717, 1.165) is 0 Å². The Hall–Kier alpha value is -2.15. The average molecular weight is 320 g/mol. The number of piperidine rings is 1. The Morgan fingerprint density at radius 3 is 2.95 bits per heavy atom. The van der Waals surface area contributed by atoms with E-state index in [4.69, 9.17) is 9.52 Å². The van der Waals surface area contributed by atoms with Crippen LogP contribution < -0.4 is 0 Å². The van der Waals surface area contributed by atoms with Crippen molar-refractivity contribution >= 4 is 23.2 Å². The number of thiazole rings is 1. The third kappa shape index (κ3) is 2.76. The molecule has 1 amide bonds. The third-order valence-electron chi connectivity index (χ3n) is 3.94. The molecule has 0 bridgehead atoms. The van der Waals surface area contributed by atoms with Gasteiger partial charge in [0, 0.05) is 12.6 Å². The molecule has 7 heteroatoms. The minimum Gasteiger partial charge on any atom is -0.481 e. The topological polar surface area (TPSA) is 83.6 Å². The number of hydrogen-bond acceptors (Lipinski definition) is 5. The van der Waals surface area contributed by atoms with Crippen molar-refractivity contribution in [2.24, 2.45) is 5.92 Å². The summed E-state index contributed by atoms with van der Waals surface area (Å²) in [5, 5.41) is 9.81. The van der Waals surface area contributed by atoms with Gasteiger partial charge in [-0.15, -0.1) is 11.3 Å². The summed E-state index contributed by atoms with van der Waals surface area (Å²) in [4.78, 5) is 30.2. The number of aliphatic carboxylic acids is 1. The Labute approximate surface area is 131 Å². The zero-order valence-corrected chi connectivity index (χ0v) is 12.9. The zero-order valence-electron chi connectivity index (χ0n) is 12.1. The lowest BCUT2D eigenvalue weighted by molar-refractivity contribution is -0.143. The highest BCUT2D eigenvalue weighted by Gasteiger charge is 2.33. The molecule has 0 spiro atoms. The predicted molar refractivity (Wildman–Crippen MR) is 80.7 cm³/mol. The van der Waals surface area contributed by atoms with Gasteiger partial charge < -0.3 is 14.4 Å². The van der Waals surface area contributed by atoms with Gasteiger partial charge in [0.2, 0.25) is 0 Å². The Morgan fingerprint density at radius 2 is 2.27 bits per heavy atom. The van der Waals surface area contributed by atoms with Crippen LogP contribution in [-0.2, 0) is 4.79 Å². The quantitative estimate of drug-likeness (QED) is 0.940. The minimum absolute atomic E-state index is 0.0391. The van der Waals surface area contributed by atoms with E-state index in [0.29, 0.717) is 28.5 Å². The molecule has 0 radical (unpaired) electrons. The van der Waals surface area contributed by atoms with E-state index in [1.165, 1.54) is 17.5 Å². The standard InChI is InChI=1S/C15H16N2O4S/c1-9-4-5-10(15(19)20)8-17(9)14(18)12-7-16-13(22-12)11-3-2-6-21-11/h2-3,6-7,9-10H,4-5,8H2,1H3,(H,19,20). The van der Waals surface area contributed by atoms with Crippen molar-refractivity contribution in [3.8, 4) is 10.8 Å². The van der Waals surface area contributed by atoms with Gasteiger partial charge in [-0.05, 0) is 31.9 Å². The summed E-state index contributed by atoms with van der Waals surface area (Å²) in [5.41, 5.74) is 0. The van der Waals surface area contributed by atoms with Crippen molar-refractivity contribution in [1.82, 2.24) is 9.88 Å². The SMILES string of the molecule is CC1CCC(C(=O)O)CN1C(=O)c1cnc(-c2ccco2)s1. The van der Waals surface area contributed by atoms with Crippen LogP contribution in [0.15, 0.2) is 29.0 Å². The van der Waals surface area contributed by atoms with Crippen molar-refractivity contribution in [3.63, 3.8) is 0 Å². The second kappa shape index (κ2) is 5.92. The Morgan fingerprint density at radius 1 is 1.45 bits per heavy atom. The van der Waals surface area contributed by atoms with Gasteiger partial charge in [0.25, 0.3) is 5.91 Å². The van der Waals surface area contributed by atoms with E-state index >= 15 is 0 Å². The highest BCUT2D eigenvalue weighted by atomic mass is 32.1. The summed E-state index contributed by atoms with van der Waals surface area (Å²) < 4.78 is 5.27.